The van der Waals surface area contributed by atoms with E-state index in [9.17, 15) is 0 Å². The van der Waals surface area contributed by atoms with Crippen LogP contribution in [0.25, 0.3) is 0 Å². The average Bonchev–Trinajstić information content (AvgIpc) is 2.17. The fourth-order valence-electron chi connectivity index (χ4n) is 1.08. The van der Waals surface area contributed by atoms with Gasteiger partial charge in [0.15, 0.2) is 0 Å². The lowest BCUT2D eigenvalue weighted by Gasteiger charge is -2.25. The van der Waals surface area contributed by atoms with Gasteiger partial charge in [-0.25, -0.2) is 0 Å². The normalized spacial score (nSPS) is 11.4. The van der Waals surface area contributed by atoms with E-state index in [0.717, 1.165) is 17.9 Å². The molecule has 1 rings (SSSR count). The molecule has 2 N–H and O–H groups in total. The predicted octanol–water partition coefficient (Wildman–Crippen LogP) is 1.80. The molecule has 0 aliphatic heterocycles. The Balaban J connectivity index is 2.58. The van der Waals surface area contributed by atoms with Crippen LogP contribution in [0.3, 0.4) is 0 Å². The highest BCUT2D eigenvalue weighted by Gasteiger charge is 2.13. The van der Waals surface area contributed by atoms with Gasteiger partial charge in [0, 0.05) is 18.3 Å². The van der Waals surface area contributed by atoms with Crippen molar-refractivity contribution < 1.29 is 0 Å². The molecule has 0 atom stereocenters. The molecule has 0 spiro atoms. The van der Waals surface area contributed by atoms with E-state index in [4.69, 9.17) is 0 Å². The third-order valence-corrected chi connectivity index (χ3v) is 2.40. The van der Waals surface area contributed by atoms with Crippen molar-refractivity contribution in [1.29, 1.82) is 0 Å². The Morgan fingerprint density at radius 3 is 2.71 bits per heavy atom. The number of aromatic nitrogens is 1. The monoisotopic (exact) mass is 193 g/mol. The summed E-state index contributed by atoms with van der Waals surface area (Å²) in [5.74, 6) is 0. The van der Waals surface area contributed by atoms with Crippen molar-refractivity contribution in [2.24, 2.45) is 0 Å². The molecule has 0 bridgehead atoms. The molecule has 0 aliphatic rings. The Morgan fingerprint density at radius 2 is 2.14 bits per heavy atom. The Labute approximate surface area is 85.9 Å². The van der Waals surface area contributed by atoms with Crippen LogP contribution in [-0.4, -0.2) is 24.1 Å². The number of anilines is 1. The molecule has 0 unspecified atom stereocenters. The van der Waals surface area contributed by atoms with E-state index in [1.807, 2.05) is 32.3 Å². The van der Waals surface area contributed by atoms with Crippen LogP contribution in [0.1, 0.15) is 19.5 Å². The lowest BCUT2D eigenvalue weighted by atomic mass is 10.1. The summed E-state index contributed by atoms with van der Waals surface area (Å²) in [7, 11) is 1.97. The molecule has 0 saturated carbocycles. The Kier molecular flexibility index (Phi) is 3.47. The Hall–Kier alpha value is -1.09. The summed E-state index contributed by atoms with van der Waals surface area (Å²) in [6.45, 7) is 7.21. The van der Waals surface area contributed by atoms with Gasteiger partial charge in [-0.05, 0) is 40.0 Å². The lowest BCUT2D eigenvalue weighted by Crippen LogP contribution is -2.42. The summed E-state index contributed by atoms with van der Waals surface area (Å²) in [5.41, 5.74) is 2.25. The predicted molar refractivity (Wildman–Crippen MR) is 60.6 cm³/mol. The van der Waals surface area contributed by atoms with Crippen LogP contribution < -0.4 is 10.6 Å². The van der Waals surface area contributed by atoms with Gasteiger partial charge in [-0.15, -0.1) is 0 Å². The first-order valence-electron chi connectivity index (χ1n) is 4.89. The highest BCUT2D eigenvalue weighted by atomic mass is 15.0. The van der Waals surface area contributed by atoms with Crippen LogP contribution in [0.15, 0.2) is 18.3 Å². The van der Waals surface area contributed by atoms with E-state index in [-0.39, 0.29) is 5.54 Å². The van der Waals surface area contributed by atoms with Gasteiger partial charge in [0.25, 0.3) is 0 Å². The van der Waals surface area contributed by atoms with Crippen LogP contribution in [-0.2, 0) is 0 Å². The summed E-state index contributed by atoms with van der Waals surface area (Å²) in [5, 5.41) is 6.63. The third kappa shape index (κ3) is 3.00. The molecule has 1 aromatic rings. The van der Waals surface area contributed by atoms with E-state index in [2.05, 4.69) is 29.5 Å². The molecule has 78 valence electrons. The van der Waals surface area contributed by atoms with Crippen LogP contribution >= 0.6 is 0 Å². The highest BCUT2D eigenvalue weighted by molar-refractivity contribution is 5.46. The fourth-order valence-corrected chi connectivity index (χ4v) is 1.08. The Morgan fingerprint density at radius 1 is 1.43 bits per heavy atom. The molecule has 0 saturated heterocycles. The second kappa shape index (κ2) is 4.42. The first kappa shape index (κ1) is 11.0. The van der Waals surface area contributed by atoms with Crippen LogP contribution in [0, 0.1) is 6.92 Å². The first-order valence-corrected chi connectivity index (χ1v) is 4.89. The van der Waals surface area contributed by atoms with Crippen molar-refractivity contribution in [3.05, 3.63) is 24.0 Å². The standard InChI is InChI=1S/C11H19N3/c1-9-10(6-5-7-13-9)14-8-11(2,3)12-4/h5-7,12,14H,8H2,1-4H3. The molecule has 0 radical (unpaired) electrons. The quantitative estimate of drug-likeness (QED) is 0.765. The molecule has 1 heterocycles. The zero-order chi connectivity index (χ0) is 10.6. The van der Waals surface area contributed by atoms with Gasteiger partial charge in [-0.3, -0.25) is 4.98 Å². The van der Waals surface area contributed by atoms with E-state index in [0.29, 0.717) is 0 Å². The minimum atomic E-state index is 0.0995. The van der Waals surface area contributed by atoms with Crippen molar-refractivity contribution >= 4 is 5.69 Å². The van der Waals surface area contributed by atoms with Crippen molar-refractivity contribution in [2.75, 3.05) is 18.9 Å². The van der Waals surface area contributed by atoms with Crippen molar-refractivity contribution in [3.63, 3.8) is 0 Å². The molecule has 1 aromatic heterocycles. The van der Waals surface area contributed by atoms with Gasteiger partial charge in [0.1, 0.15) is 0 Å². The van der Waals surface area contributed by atoms with Gasteiger partial charge in [-0.1, -0.05) is 0 Å². The second-order valence-electron chi connectivity index (χ2n) is 4.12. The molecular weight excluding hydrogens is 174 g/mol. The maximum Gasteiger partial charge on any atom is 0.0603 e. The van der Waals surface area contributed by atoms with Gasteiger partial charge >= 0.3 is 0 Å². The maximum atomic E-state index is 4.22. The summed E-state index contributed by atoms with van der Waals surface area (Å²) < 4.78 is 0. The zero-order valence-corrected chi connectivity index (χ0v) is 9.39. The minimum Gasteiger partial charge on any atom is -0.382 e. The van der Waals surface area contributed by atoms with Gasteiger partial charge in [-0.2, -0.15) is 0 Å². The summed E-state index contributed by atoms with van der Waals surface area (Å²) >= 11 is 0. The molecule has 3 nitrogen and oxygen atoms in total. The largest absolute Gasteiger partial charge is 0.382 e. The van der Waals surface area contributed by atoms with E-state index >= 15 is 0 Å². The number of hydrogen-bond donors (Lipinski definition) is 2. The summed E-state index contributed by atoms with van der Waals surface area (Å²) in [4.78, 5) is 4.22. The smallest absolute Gasteiger partial charge is 0.0603 e. The molecule has 0 aliphatic carbocycles. The third-order valence-electron chi connectivity index (χ3n) is 2.40. The first-order chi connectivity index (χ1) is 6.55. The average molecular weight is 193 g/mol. The second-order valence-corrected chi connectivity index (χ2v) is 4.12. The topological polar surface area (TPSA) is 37.0 Å². The number of nitrogens with zero attached hydrogens (tertiary/aromatic N) is 1. The van der Waals surface area contributed by atoms with Crippen molar-refractivity contribution in [2.45, 2.75) is 26.3 Å². The molecule has 0 aromatic carbocycles. The molecule has 0 fully saturated rings. The number of pyridine rings is 1. The molecular formula is C11H19N3. The lowest BCUT2D eigenvalue weighted by molar-refractivity contribution is 0.448. The highest BCUT2D eigenvalue weighted by Crippen LogP contribution is 2.11. The van der Waals surface area contributed by atoms with Gasteiger partial charge in [0.05, 0.1) is 11.4 Å². The summed E-state index contributed by atoms with van der Waals surface area (Å²) in [6, 6.07) is 4.00. The van der Waals surface area contributed by atoms with E-state index in [1.165, 1.54) is 0 Å². The number of rotatable bonds is 4. The fraction of sp³-hybridized carbons (Fsp3) is 0.545. The number of nitrogens with one attached hydrogen (secondary N) is 2. The van der Waals surface area contributed by atoms with Crippen LogP contribution in [0.5, 0.6) is 0 Å². The molecule has 14 heavy (non-hydrogen) atoms. The maximum absolute atomic E-state index is 4.22. The van der Waals surface area contributed by atoms with Gasteiger partial charge in [0.2, 0.25) is 0 Å². The Bertz CT molecular complexity index is 294. The zero-order valence-electron chi connectivity index (χ0n) is 9.39. The van der Waals surface area contributed by atoms with Crippen LogP contribution in [0.2, 0.25) is 0 Å². The van der Waals surface area contributed by atoms with E-state index in [1.54, 1.807) is 0 Å². The van der Waals surface area contributed by atoms with E-state index < -0.39 is 0 Å². The van der Waals surface area contributed by atoms with Crippen molar-refractivity contribution in [1.82, 2.24) is 10.3 Å². The molecule has 0 amide bonds. The van der Waals surface area contributed by atoms with Crippen LogP contribution in [0.4, 0.5) is 5.69 Å². The summed E-state index contributed by atoms with van der Waals surface area (Å²) in [6.07, 6.45) is 1.81. The SMILES string of the molecule is CNC(C)(C)CNc1cccnc1C. The van der Waals surface area contributed by atoms with Crippen molar-refractivity contribution in [3.8, 4) is 0 Å². The number of hydrogen-bond acceptors (Lipinski definition) is 3. The number of likely N-dealkylation sites (N-methyl/N-ethyl adjacent to an activating group) is 1. The number of aryl methyl sites for hydroxylation is 1. The molecule has 3 heteroatoms. The minimum absolute atomic E-state index is 0.0995. The van der Waals surface area contributed by atoms with Gasteiger partial charge < -0.3 is 10.6 Å².